The second-order valence-corrected chi connectivity index (χ2v) is 7.14. The maximum atomic E-state index is 13.3. The molecule has 6 heteroatoms. The number of nitrogens with zero attached hydrogens (tertiary/aromatic N) is 1. The highest BCUT2D eigenvalue weighted by Gasteiger charge is 2.34. The molecule has 2 aliphatic heterocycles. The third-order valence-corrected chi connectivity index (χ3v) is 5.36. The van der Waals surface area contributed by atoms with Gasteiger partial charge in [-0.25, -0.2) is 0 Å². The van der Waals surface area contributed by atoms with E-state index >= 15 is 0 Å². The van der Waals surface area contributed by atoms with Gasteiger partial charge in [-0.2, -0.15) is 0 Å². The molecule has 0 bridgehead atoms. The molecule has 2 aliphatic rings. The number of ether oxygens (including phenoxy) is 2. The summed E-state index contributed by atoms with van der Waals surface area (Å²) in [5.41, 5.74) is 3.26. The third kappa shape index (κ3) is 2.84. The lowest BCUT2D eigenvalue weighted by molar-refractivity contribution is 0.0666. The fourth-order valence-electron chi connectivity index (χ4n) is 3.63. The second kappa shape index (κ2) is 6.77. The molecule has 140 valence electrons. The lowest BCUT2D eigenvalue weighted by Crippen LogP contribution is -2.42. The van der Waals surface area contributed by atoms with Gasteiger partial charge < -0.3 is 19.7 Å². The fourth-order valence-corrected chi connectivity index (χ4v) is 3.87. The normalized spacial score (nSPS) is 17.2. The van der Waals surface area contributed by atoms with Crippen molar-refractivity contribution in [3.8, 4) is 11.5 Å². The predicted molar refractivity (Wildman–Crippen MR) is 107 cm³/mol. The van der Waals surface area contributed by atoms with E-state index in [1.165, 1.54) is 0 Å². The van der Waals surface area contributed by atoms with Crippen molar-refractivity contribution in [2.75, 3.05) is 12.1 Å². The van der Waals surface area contributed by atoms with Crippen molar-refractivity contribution >= 4 is 23.2 Å². The van der Waals surface area contributed by atoms with E-state index in [2.05, 4.69) is 5.32 Å². The minimum absolute atomic E-state index is 0.0445. The Morgan fingerprint density at radius 2 is 1.79 bits per heavy atom. The minimum atomic E-state index is -0.374. The Kier molecular flexibility index (Phi) is 4.10. The van der Waals surface area contributed by atoms with Gasteiger partial charge >= 0.3 is 0 Å². The van der Waals surface area contributed by atoms with E-state index in [0.29, 0.717) is 22.9 Å². The van der Waals surface area contributed by atoms with Crippen LogP contribution in [0.5, 0.6) is 11.5 Å². The summed E-state index contributed by atoms with van der Waals surface area (Å²) in [6.07, 6.45) is -0.374. The number of carbonyl (C=O) groups excluding carboxylic acids is 1. The van der Waals surface area contributed by atoms with E-state index in [-0.39, 0.29) is 18.9 Å². The molecule has 5 rings (SSSR count). The quantitative estimate of drug-likeness (QED) is 0.693. The van der Waals surface area contributed by atoms with Gasteiger partial charge in [0.25, 0.3) is 5.91 Å². The topological polar surface area (TPSA) is 50.8 Å². The highest BCUT2D eigenvalue weighted by molar-refractivity contribution is 6.31. The molecule has 0 saturated heterocycles. The van der Waals surface area contributed by atoms with Gasteiger partial charge in [-0.15, -0.1) is 0 Å². The van der Waals surface area contributed by atoms with Crippen LogP contribution >= 0.6 is 11.6 Å². The van der Waals surface area contributed by atoms with E-state index in [9.17, 15) is 4.79 Å². The first-order valence-electron chi connectivity index (χ1n) is 9.00. The van der Waals surface area contributed by atoms with Crippen molar-refractivity contribution in [2.45, 2.75) is 12.7 Å². The van der Waals surface area contributed by atoms with Crippen molar-refractivity contribution in [1.29, 1.82) is 0 Å². The molecule has 0 spiro atoms. The van der Waals surface area contributed by atoms with Crippen molar-refractivity contribution < 1.29 is 14.3 Å². The number of nitrogens with one attached hydrogen (secondary N) is 1. The number of fused-ring (bicyclic) bond motifs is 2. The Morgan fingerprint density at radius 1 is 1.00 bits per heavy atom. The van der Waals surface area contributed by atoms with E-state index in [1.807, 2.05) is 66.7 Å². The maximum Gasteiger partial charge on any atom is 0.258 e. The standard InChI is InChI=1S/C22H17ClN2O3/c23-17-7-3-1-5-15(17)21-24-18-8-4-2-6-16(18)22(26)25(21)12-14-9-10-19-20(11-14)28-13-27-19/h1-11,21,24H,12-13H2/t21-/m0/s1. The van der Waals surface area contributed by atoms with Crippen LogP contribution in [0.2, 0.25) is 5.02 Å². The summed E-state index contributed by atoms with van der Waals surface area (Å²) in [6.45, 7) is 0.630. The number of rotatable bonds is 3. The molecule has 0 radical (unpaired) electrons. The average Bonchev–Trinajstić information content (AvgIpc) is 3.18. The second-order valence-electron chi connectivity index (χ2n) is 6.73. The lowest BCUT2D eigenvalue weighted by atomic mass is 10.0. The zero-order valence-corrected chi connectivity index (χ0v) is 15.6. The molecule has 1 atom stereocenters. The summed E-state index contributed by atoms with van der Waals surface area (Å²) in [6, 6.07) is 20.8. The van der Waals surface area contributed by atoms with Crippen molar-refractivity contribution in [3.63, 3.8) is 0 Å². The Labute approximate surface area is 167 Å². The van der Waals surface area contributed by atoms with Crippen LogP contribution in [0, 0.1) is 0 Å². The number of anilines is 1. The zero-order valence-electron chi connectivity index (χ0n) is 14.9. The molecule has 1 amide bonds. The van der Waals surface area contributed by atoms with Crippen molar-refractivity contribution in [2.24, 2.45) is 0 Å². The molecule has 0 unspecified atom stereocenters. The molecular weight excluding hydrogens is 376 g/mol. The van der Waals surface area contributed by atoms with Gasteiger partial charge in [0.2, 0.25) is 6.79 Å². The van der Waals surface area contributed by atoms with Gasteiger partial charge in [-0.3, -0.25) is 4.79 Å². The molecule has 0 saturated carbocycles. The summed E-state index contributed by atoms with van der Waals surface area (Å²) in [5.74, 6) is 1.38. The molecule has 5 nitrogen and oxygen atoms in total. The van der Waals surface area contributed by atoms with Crippen LogP contribution in [0.3, 0.4) is 0 Å². The molecule has 2 heterocycles. The van der Waals surface area contributed by atoms with Crippen LogP contribution in [0.1, 0.15) is 27.7 Å². The zero-order chi connectivity index (χ0) is 19.1. The minimum Gasteiger partial charge on any atom is -0.454 e. The monoisotopic (exact) mass is 392 g/mol. The highest BCUT2D eigenvalue weighted by atomic mass is 35.5. The van der Waals surface area contributed by atoms with Gasteiger partial charge in [-0.1, -0.05) is 48.0 Å². The van der Waals surface area contributed by atoms with Crippen molar-refractivity contribution in [3.05, 3.63) is 88.4 Å². The predicted octanol–water partition coefficient (Wildman–Crippen LogP) is 4.84. The summed E-state index contributed by atoms with van der Waals surface area (Å²) >= 11 is 6.46. The first-order valence-corrected chi connectivity index (χ1v) is 9.38. The van der Waals surface area contributed by atoms with Crippen LogP contribution < -0.4 is 14.8 Å². The molecule has 3 aromatic rings. The average molecular weight is 393 g/mol. The van der Waals surface area contributed by atoms with Gasteiger partial charge in [0.05, 0.1) is 5.56 Å². The van der Waals surface area contributed by atoms with Crippen LogP contribution in [0.25, 0.3) is 0 Å². The lowest BCUT2D eigenvalue weighted by Gasteiger charge is -2.38. The van der Waals surface area contributed by atoms with Gasteiger partial charge in [-0.05, 0) is 35.9 Å². The molecule has 0 fully saturated rings. The fraction of sp³-hybridized carbons (Fsp3) is 0.136. The Balaban J connectivity index is 1.56. The van der Waals surface area contributed by atoms with Gasteiger partial charge in [0.15, 0.2) is 11.5 Å². The van der Waals surface area contributed by atoms with E-state index < -0.39 is 0 Å². The van der Waals surface area contributed by atoms with Gasteiger partial charge in [0.1, 0.15) is 6.17 Å². The molecule has 1 N–H and O–H groups in total. The molecule has 0 aliphatic carbocycles. The maximum absolute atomic E-state index is 13.3. The number of para-hydroxylation sites is 1. The number of carbonyl (C=O) groups is 1. The summed E-state index contributed by atoms with van der Waals surface area (Å²) in [4.78, 5) is 15.1. The SMILES string of the molecule is O=C1c2ccccc2N[C@H](c2ccccc2Cl)N1Cc1ccc2c(c1)OCO2. The van der Waals surface area contributed by atoms with E-state index in [1.54, 1.807) is 4.90 Å². The van der Waals surface area contributed by atoms with E-state index in [4.69, 9.17) is 21.1 Å². The van der Waals surface area contributed by atoms with Crippen LogP contribution in [-0.4, -0.2) is 17.6 Å². The van der Waals surface area contributed by atoms with Crippen LogP contribution in [0.15, 0.2) is 66.7 Å². The van der Waals surface area contributed by atoms with Crippen LogP contribution in [0.4, 0.5) is 5.69 Å². The third-order valence-electron chi connectivity index (χ3n) is 5.01. The smallest absolute Gasteiger partial charge is 0.258 e. The van der Waals surface area contributed by atoms with E-state index in [0.717, 1.165) is 22.6 Å². The van der Waals surface area contributed by atoms with Crippen molar-refractivity contribution in [1.82, 2.24) is 4.90 Å². The Bertz CT molecular complexity index is 1070. The number of hydrogen-bond donors (Lipinski definition) is 1. The number of benzene rings is 3. The highest BCUT2D eigenvalue weighted by Crippen LogP contribution is 2.38. The largest absolute Gasteiger partial charge is 0.454 e. The van der Waals surface area contributed by atoms with Crippen LogP contribution in [-0.2, 0) is 6.54 Å². The summed E-state index contributed by atoms with van der Waals surface area (Å²) in [7, 11) is 0. The number of halogens is 1. The summed E-state index contributed by atoms with van der Waals surface area (Å²) < 4.78 is 10.9. The Hall–Kier alpha value is -3.18. The molecule has 28 heavy (non-hydrogen) atoms. The molecule has 0 aromatic heterocycles. The molecular formula is C22H17ClN2O3. The first kappa shape index (κ1) is 17.0. The molecule has 3 aromatic carbocycles. The Morgan fingerprint density at radius 3 is 2.68 bits per heavy atom. The number of amides is 1. The first-order chi connectivity index (χ1) is 13.7. The summed E-state index contributed by atoms with van der Waals surface area (Å²) in [5, 5.41) is 4.09. The van der Waals surface area contributed by atoms with Gasteiger partial charge in [0, 0.05) is 22.8 Å². The number of hydrogen-bond acceptors (Lipinski definition) is 4.